The summed E-state index contributed by atoms with van der Waals surface area (Å²) >= 11 is 0. The molecule has 0 saturated carbocycles. The molecule has 0 spiro atoms. The molecule has 3 aromatic carbocycles. The first-order chi connectivity index (χ1) is 18.1. The standard InChI is InChI=1S/C30H31N3O4/c1-22-19-27(37-30(35)23-9-3-2-4-10-23)25-11-5-6-12-26(25)29(22)36-21-24(34)20-32-15-17-33(18-16-32)28-13-7-8-14-31-28/h2-14,19,24,34H,15-18,20-21H2,1H3. The number of hydrogen-bond donors (Lipinski definition) is 1. The van der Waals surface area contributed by atoms with E-state index in [2.05, 4.69) is 14.8 Å². The summed E-state index contributed by atoms with van der Waals surface area (Å²) in [6.45, 7) is 6.10. The number of esters is 1. The molecule has 1 unspecified atom stereocenters. The summed E-state index contributed by atoms with van der Waals surface area (Å²) < 4.78 is 11.9. The SMILES string of the molecule is Cc1cc(OC(=O)c2ccccc2)c2ccccc2c1OCC(O)CN1CCN(c2ccccn2)CC1. The van der Waals surface area contributed by atoms with Gasteiger partial charge in [-0.1, -0.05) is 48.5 Å². The number of fused-ring (bicyclic) bond motifs is 1. The molecule has 1 atom stereocenters. The number of carbonyl (C=O) groups is 1. The molecule has 37 heavy (non-hydrogen) atoms. The van der Waals surface area contributed by atoms with Crippen LogP contribution in [0.1, 0.15) is 15.9 Å². The largest absolute Gasteiger partial charge is 0.490 e. The molecule has 1 aliphatic heterocycles. The Balaban J connectivity index is 1.22. The smallest absolute Gasteiger partial charge is 0.343 e. The van der Waals surface area contributed by atoms with E-state index in [1.165, 1.54) is 0 Å². The molecule has 5 rings (SSSR count). The van der Waals surface area contributed by atoms with Crippen LogP contribution in [0.3, 0.4) is 0 Å². The zero-order valence-electron chi connectivity index (χ0n) is 20.9. The molecule has 1 N–H and O–H groups in total. The Kier molecular flexibility index (Phi) is 7.63. The highest BCUT2D eigenvalue weighted by molar-refractivity contribution is 5.98. The molecule has 4 aromatic rings. The number of aromatic nitrogens is 1. The molecule has 0 amide bonds. The summed E-state index contributed by atoms with van der Waals surface area (Å²) in [7, 11) is 0. The number of carbonyl (C=O) groups excluding carboxylic acids is 1. The van der Waals surface area contributed by atoms with Gasteiger partial charge in [0.1, 0.15) is 30.0 Å². The van der Waals surface area contributed by atoms with Gasteiger partial charge in [0, 0.05) is 49.7 Å². The van der Waals surface area contributed by atoms with Gasteiger partial charge in [0.05, 0.1) is 5.56 Å². The number of pyridine rings is 1. The third-order valence-corrected chi connectivity index (χ3v) is 6.59. The first kappa shape index (κ1) is 24.7. The predicted molar refractivity (Wildman–Crippen MR) is 144 cm³/mol. The number of benzene rings is 3. The van der Waals surface area contributed by atoms with Gasteiger partial charge in [-0.15, -0.1) is 0 Å². The van der Waals surface area contributed by atoms with Crippen LogP contribution in [0.2, 0.25) is 0 Å². The molecule has 0 aliphatic carbocycles. The number of piperazine rings is 1. The van der Waals surface area contributed by atoms with Crippen molar-refractivity contribution in [2.45, 2.75) is 13.0 Å². The second kappa shape index (κ2) is 11.4. The number of aryl methyl sites for hydroxylation is 1. The van der Waals surface area contributed by atoms with Gasteiger partial charge in [0.25, 0.3) is 0 Å². The van der Waals surface area contributed by atoms with Crippen molar-refractivity contribution in [3.63, 3.8) is 0 Å². The van der Waals surface area contributed by atoms with Crippen molar-refractivity contribution in [2.24, 2.45) is 0 Å². The molecule has 0 radical (unpaired) electrons. The van der Waals surface area contributed by atoms with Gasteiger partial charge in [-0.25, -0.2) is 9.78 Å². The van der Waals surface area contributed by atoms with Gasteiger partial charge < -0.3 is 19.5 Å². The summed E-state index contributed by atoms with van der Waals surface area (Å²) in [5, 5.41) is 12.4. The Hall–Kier alpha value is -3.94. The zero-order chi connectivity index (χ0) is 25.6. The minimum absolute atomic E-state index is 0.175. The van der Waals surface area contributed by atoms with Crippen molar-refractivity contribution in [1.82, 2.24) is 9.88 Å². The van der Waals surface area contributed by atoms with Gasteiger partial charge in [0.2, 0.25) is 0 Å². The van der Waals surface area contributed by atoms with E-state index in [0.717, 1.165) is 48.3 Å². The molecular formula is C30H31N3O4. The van der Waals surface area contributed by atoms with Crippen LogP contribution in [0.15, 0.2) is 85.1 Å². The minimum atomic E-state index is -0.629. The lowest BCUT2D eigenvalue weighted by Crippen LogP contribution is -2.49. The summed E-state index contributed by atoms with van der Waals surface area (Å²) in [5.74, 6) is 1.76. The van der Waals surface area contributed by atoms with Crippen molar-refractivity contribution in [2.75, 3.05) is 44.2 Å². The van der Waals surface area contributed by atoms with Crippen LogP contribution in [0.25, 0.3) is 10.8 Å². The Morgan fingerprint density at radius 1 is 0.946 bits per heavy atom. The molecule has 7 heteroatoms. The van der Waals surface area contributed by atoms with E-state index in [-0.39, 0.29) is 6.61 Å². The fourth-order valence-electron chi connectivity index (χ4n) is 4.69. The fourth-order valence-corrected chi connectivity index (χ4v) is 4.69. The second-order valence-corrected chi connectivity index (χ2v) is 9.26. The van der Waals surface area contributed by atoms with E-state index in [9.17, 15) is 9.90 Å². The highest BCUT2D eigenvalue weighted by atomic mass is 16.5. The van der Waals surface area contributed by atoms with Crippen LogP contribution >= 0.6 is 0 Å². The molecule has 2 heterocycles. The van der Waals surface area contributed by atoms with E-state index in [1.807, 2.05) is 79.9 Å². The Morgan fingerprint density at radius 2 is 1.65 bits per heavy atom. The van der Waals surface area contributed by atoms with Crippen LogP contribution in [0, 0.1) is 6.92 Å². The maximum Gasteiger partial charge on any atom is 0.343 e. The lowest BCUT2D eigenvalue weighted by atomic mass is 10.0. The van der Waals surface area contributed by atoms with Gasteiger partial charge in [-0.3, -0.25) is 4.90 Å². The van der Waals surface area contributed by atoms with Crippen molar-refractivity contribution < 1.29 is 19.4 Å². The van der Waals surface area contributed by atoms with E-state index in [1.54, 1.807) is 12.1 Å². The van der Waals surface area contributed by atoms with Crippen LogP contribution in [-0.2, 0) is 0 Å². The molecular weight excluding hydrogens is 466 g/mol. The Bertz CT molecular complexity index is 1340. The van der Waals surface area contributed by atoms with Crippen LogP contribution in [0.5, 0.6) is 11.5 Å². The van der Waals surface area contributed by atoms with Crippen LogP contribution in [0.4, 0.5) is 5.82 Å². The van der Waals surface area contributed by atoms with Gasteiger partial charge in [-0.2, -0.15) is 0 Å². The van der Waals surface area contributed by atoms with E-state index < -0.39 is 12.1 Å². The Morgan fingerprint density at radius 3 is 2.38 bits per heavy atom. The summed E-state index contributed by atoms with van der Waals surface area (Å²) in [6, 6.07) is 24.4. The number of aliphatic hydroxyl groups is 1. The number of rotatable bonds is 8. The first-order valence-corrected chi connectivity index (χ1v) is 12.6. The van der Waals surface area contributed by atoms with Crippen LogP contribution < -0.4 is 14.4 Å². The van der Waals surface area contributed by atoms with Gasteiger partial charge >= 0.3 is 5.97 Å². The molecule has 1 saturated heterocycles. The number of nitrogens with zero attached hydrogens (tertiary/aromatic N) is 3. The monoisotopic (exact) mass is 497 g/mol. The topological polar surface area (TPSA) is 75.1 Å². The predicted octanol–water partition coefficient (Wildman–Crippen LogP) is 4.32. The lowest BCUT2D eigenvalue weighted by molar-refractivity contribution is 0.0665. The Labute approximate surface area is 216 Å². The average molecular weight is 498 g/mol. The molecule has 0 bridgehead atoms. The molecule has 1 aromatic heterocycles. The quantitative estimate of drug-likeness (QED) is 0.287. The maximum atomic E-state index is 12.7. The number of aliphatic hydroxyl groups excluding tert-OH is 1. The third kappa shape index (κ3) is 5.90. The van der Waals surface area contributed by atoms with Crippen molar-refractivity contribution in [3.8, 4) is 11.5 Å². The number of β-amino-alcohol motifs (C(OH)–C–C–N with tert-alkyl or cyclic N) is 1. The molecule has 1 fully saturated rings. The number of hydrogen-bond acceptors (Lipinski definition) is 7. The lowest BCUT2D eigenvalue weighted by Gasteiger charge is -2.36. The highest BCUT2D eigenvalue weighted by Gasteiger charge is 2.21. The highest BCUT2D eigenvalue weighted by Crippen LogP contribution is 2.37. The molecule has 1 aliphatic rings. The normalized spacial score (nSPS) is 14.9. The van der Waals surface area contributed by atoms with E-state index >= 15 is 0 Å². The summed E-state index contributed by atoms with van der Waals surface area (Å²) in [5.41, 5.74) is 1.33. The van der Waals surface area contributed by atoms with E-state index in [0.29, 0.717) is 23.6 Å². The second-order valence-electron chi connectivity index (χ2n) is 9.26. The van der Waals surface area contributed by atoms with Gasteiger partial charge in [-0.05, 0) is 42.8 Å². The minimum Gasteiger partial charge on any atom is -0.490 e. The fraction of sp³-hybridized carbons (Fsp3) is 0.267. The van der Waals surface area contributed by atoms with Crippen molar-refractivity contribution >= 4 is 22.6 Å². The van der Waals surface area contributed by atoms with Crippen molar-refractivity contribution in [1.29, 1.82) is 0 Å². The summed E-state index contributed by atoms with van der Waals surface area (Å²) in [4.78, 5) is 21.6. The number of anilines is 1. The molecule has 190 valence electrons. The van der Waals surface area contributed by atoms with E-state index in [4.69, 9.17) is 9.47 Å². The van der Waals surface area contributed by atoms with Crippen molar-refractivity contribution in [3.05, 3.63) is 96.2 Å². The summed E-state index contributed by atoms with van der Waals surface area (Å²) in [6.07, 6.45) is 1.18. The van der Waals surface area contributed by atoms with Gasteiger partial charge in [0.15, 0.2) is 0 Å². The zero-order valence-corrected chi connectivity index (χ0v) is 20.9. The number of ether oxygens (including phenoxy) is 2. The average Bonchev–Trinajstić information content (AvgIpc) is 2.94. The van der Waals surface area contributed by atoms with Crippen LogP contribution in [-0.4, -0.2) is 66.4 Å². The third-order valence-electron chi connectivity index (χ3n) is 6.59. The first-order valence-electron chi connectivity index (χ1n) is 12.6. The maximum absolute atomic E-state index is 12.7. The molecule has 7 nitrogen and oxygen atoms in total.